The molecule has 0 spiro atoms. The zero-order valence-electron chi connectivity index (χ0n) is 9.45. The SMILES string of the molecule is Cc1nn(-c2ccc(F)cc2O)c(C)c1C. The van der Waals surface area contributed by atoms with Gasteiger partial charge in [0.05, 0.1) is 5.69 Å². The molecule has 3 nitrogen and oxygen atoms in total. The highest BCUT2D eigenvalue weighted by Crippen LogP contribution is 2.25. The Kier molecular flexibility index (Phi) is 2.42. The average molecular weight is 220 g/mol. The Morgan fingerprint density at radius 2 is 1.94 bits per heavy atom. The Labute approximate surface area is 93.2 Å². The second-order valence-corrected chi connectivity index (χ2v) is 3.84. The summed E-state index contributed by atoms with van der Waals surface area (Å²) in [4.78, 5) is 0. The Morgan fingerprint density at radius 1 is 1.25 bits per heavy atom. The fraction of sp³-hybridized carbons (Fsp3) is 0.250. The van der Waals surface area contributed by atoms with Crippen LogP contribution in [0, 0.1) is 26.6 Å². The van der Waals surface area contributed by atoms with E-state index >= 15 is 0 Å². The highest BCUT2D eigenvalue weighted by Gasteiger charge is 2.12. The van der Waals surface area contributed by atoms with Gasteiger partial charge in [0.25, 0.3) is 0 Å². The first-order valence-electron chi connectivity index (χ1n) is 5.02. The third-order valence-corrected chi connectivity index (χ3v) is 2.82. The van der Waals surface area contributed by atoms with Crippen molar-refractivity contribution in [3.63, 3.8) is 0 Å². The monoisotopic (exact) mass is 220 g/mol. The molecule has 0 atom stereocenters. The van der Waals surface area contributed by atoms with E-state index in [1.807, 2.05) is 20.8 Å². The zero-order valence-corrected chi connectivity index (χ0v) is 9.45. The quantitative estimate of drug-likeness (QED) is 0.802. The van der Waals surface area contributed by atoms with Crippen LogP contribution in [-0.2, 0) is 0 Å². The number of aromatic hydroxyl groups is 1. The van der Waals surface area contributed by atoms with E-state index in [0.29, 0.717) is 5.69 Å². The van der Waals surface area contributed by atoms with Crippen molar-refractivity contribution >= 4 is 0 Å². The molecule has 4 heteroatoms. The molecule has 0 radical (unpaired) electrons. The van der Waals surface area contributed by atoms with Crippen LogP contribution >= 0.6 is 0 Å². The standard InChI is InChI=1S/C12H13FN2O/c1-7-8(2)14-15(9(7)3)11-5-4-10(13)6-12(11)16/h4-6,16H,1-3H3. The van der Waals surface area contributed by atoms with Gasteiger partial charge in [-0.3, -0.25) is 0 Å². The third kappa shape index (κ3) is 1.56. The van der Waals surface area contributed by atoms with Crippen molar-refractivity contribution in [2.75, 3.05) is 0 Å². The van der Waals surface area contributed by atoms with Crippen molar-refractivity contribution in [2.24, 2.45) is 0 Å². The Hall–Kier alpha value is -1.84. The maximum Gasteiger partial charge on any atom is 0.144 e. The summed E-state index contributed by atoms with van der Waals surface area (Å²) in [6.07, 6.45) is 0. The van der Waals surface area contributed by atoms with Gasteiger partial charge >= 0.3 is 0 Å². The number of hydrogen-bond acceptors (Lipinski definition) is 2. The maximum absolute atomic E-state index is 12.9. The molecule has 0 fully saturated rings. The van der Waals surface area contributed by atoms with Gasteiger partial charge in [0, 0.05) is 11.8 Å². The highest BCUT2D eigenvalue weighted by molar-refractivity contribution is 5.47. The second-order valence-electron chi connectivity index (χ2n) is 3.84. The van der Waals surface area contributed by atoms with Gasteiger partial charge in [-0.2, -0.15) is 5.10 Å². The third-order valence-electron chi connectivity index (χ3n) is 2.82. The first-order chi connectivity index (χ1) is 7.50. The van der Waals surface area contributed by atoms with Gasteiger partial charge in [0.1, 0.15) is 17.3 Å². The number of phenols is 1. The maximum atomic E-state index is 12.9. The topological polar surface area (TPSA) is 38.0 Å². The molecular formula is C12H13FN2O. The van der Waals surface area contributed by atoms with Gasteiger partial charge < -0.3 is 5.11 Å². The fourth-order valence-corrected chi connectivity index (χ4v) is 1.63. The summed E-state index contributed by atoms with van der Waals surface area (Å²) < 4.78 is 14.5. The molecule has 0 aliphatic rings. The fourth-order valence-electron chi connectivity index (χ4n) is 1.63. The molecule has 1 heterocycles. The number of halogens is 1. The minimum atomic E-state index is -0.459. The molecule has 1 aromatic heterocycles. The van der Waals surface area contributed by atoms with Crippen LogP contribution in [0.1, 0.15) is 17.0 Å². The predicted octanol–water partition coefficient (Wildman–Crippen LogP) is 2.64. The molecule has 1 N–H and O–H groups in total. The van der Waals surface area contributed by atoms with E-state index in [9.17, 15) is 9.50 Å². The summed E-state index contributed by atoms with van der Waals surface area (Å²) in [5.74, 6) is -0.565. The lowest BCUT2D eigenvalue weighted by atomic mass is 10.2. The van der Waals surface area contributed by atoms with E-state index in [1.165, 1.54) is 12.1 Å². The lowest BCUT2D eigenvalue weighted by Crippen LogP contribution is -1.99. The van der Waals surface area contributed by atoms with Gasteiger partial charge in [-0.1, -0.05) is 0 Å². The van der Waals surface area contributed by atoms with Crippen LogP contribution in [0.15, 0.2) is 18.2 Å². The van der Waals surface area contributed by atoms with Crippen LogP contribution in [0.25, 0.3) is 5.69 Å². The largest absolute Gasteiger partial charge is 0.506 e. The van der Waals surface area contributed by atoms with Crippen molar-refractivity contribution in [1.82, 2.24) is 9.78 Å². The van der Waals surface area contributed by atoms with Crippen molar-refractivity contribution in [1.29, 1.82) is 0 Å². The summed E-state index contributed by atoms with van der Waals surface area (Å²) in [7, 11) is 0. The van der Waals surface area contributed by atoms with Crippen LogP contribution in [0.3, 0.4) is 0 Å². The van der Waals surface area contributed by atoms with Crippen LogP contribution in [-0.4, -0.2) is 14.9 Å². The second kappa shape index (κ2) is 3.63. The van der Waals surface area contributed by atoms with Crippen molar-refractivity contribution in [3.05, 3.63) is 41.0 Å². The van der Waals surface area contributed by atoms with Crippen LogP contribution in [0.5, 0.6) is 5.75 Å². The Morgan fingerprint density at radius 3 is 2.44 bits per heavy atom. The predicted molar refractivity (Wildman–Crippen MR) is 59.4 cm³/mol. The minimum absolute atomic E-state index is 0.106. The lowest BCUT2D eigenvalue weighted by Gasteiger charge is -2.06. The number of nitrogens with zero attached hydrogens (tertiary/aromatic N) is 2. The number of hydrogen-bond donors (Lipinski definition) is 1. The van der Waals surface area contributed by atoms with E-state index in [1.54, 1.807) is 4.68 Å². The van der Waals surface area contributed by atoms with E-state index in [2.05, 4.69) is 5.10 Å². The number of rotatable bonds is 1. The minimum Gasteiger partial charge on any atom is -0.506 e. The summed E-state index contributed by atoms with van der Waals surface area (Å²) in [5.41, 5.74) is 3.42. The average Bonchev–Trinajstić information content (AvgIpc) is 2.46. The summed E-state index contributed by atoms with van der Waals surface area (Å²) in [5, 5.41) is 14.0. The number of aromatic nitrogens is 2. The number of aryl methyl sites for hydroxylation is 1. The molecule has 0 aliphatic carbocycles. The lowest BCUT2D eigenvalue weighted by molar-refractivity contribution is 0.463. The number of phenolic OH excluding ortho intramolecular Hbond substituents is 1. The van der Waals surface area contributed by atoms with E-state index in [0.717, 1.165) is 23.0 Å². The molecule has 0 saturated heterocycles. The van der Waals surface area contributed by atoms with Crippen LogP contribution in [0.4, 0.5) is 4.39 Å². The van der Waals surface area contributed by atoms with Gasteiger partial charge in [0.2, 0.25) is 0 Å². The summed E-state index contributed by atoms with van der Waals surface area (Å²) in [6.45, 7) is 5.78. The first kappa shape index (κ1) is 10.7. The highest BCUT2D eigenvalue weighted by atomic mass is 19.1. The van der Waals surface area contributed by atoms with Gasteiger partial charge in [-0.15, -0.1) is 0 Å². The normalized spacial score (nSPS) is 10.8. The molecule has 1 aromatic carbocycles. The summed E-state index contributed by atoms with van der Waals surface area (Å²) >= 11 is 0. The van der Waals surface area contributed by atoms with E-state index in [-0.39, 0.29) is 5.75 Å². The molecule has 0 bridgehead atoms. The van der Waals surface area contributed by atoms with Gasteiger partial charge in [0.15, 0.2) is 0 Å². The van der Waals surface area contributed by atoms with Gasteiger partial charge in [-0.25, -0.2) is 9.07 Å². The Bertz CT molecular complexity index is 546. The van der Waals surface area contributed by atoms with Crippen molar-refractivity contribution < 1.29 is 9.50 Å². The Balaban J connectivity index is 2.63. The molecule has 84 valence electrons. The van der Waals surface area contributed by atoms with Gasteiger partial charge in [-0.05, 0) is 38.5 Å². The van der Waals surface area contributed by atoms with E-state index < -0.39 is 5.82 Å². The summed E-state index contributed by atoms with van der Waals surface area (Å²) in [6, 6.07) is 3.91. The van der Waals surface area contributed by atoms with E-state index in [4.69, 9.17) is 0 Å². The molecule has 0 amide bonds. The molecule has 0 aliphatic heterocycles. The molecule has 2 rings (SSSR count). The molecular weight excluding hydrogens is 207 g/mol. The molecule has 0 saturated carbocycles. The van der Waals surface area contributed by atoms with Crippen molar-refractivity contribution in [3.8, 4) is 11.4 Å². The zero-order chi connectivity index (χ0) is 11.9. The van der Waals surface area contributed by atoms with Crippen LogP contribution in [0.2, 0.25) is 0 Å². The number of benzene rings is 1. The smallest absolute Gasteiger partial charge is 0.144 e. The first-order valence-corrected chi connectivity index (χ1v) is 5.02. The molecule has 0 unspecified atom stereocenters. The molecule has 2 aromatic rings. The molecule has 16 heavy (non-hydrogen) atoms. The van der Waals surface area contributed by atoms with Crippen LogP contribution < -0.4 is 0 Å². The van der Waals surface area contributed by atoms with Crippen molar-refractivity contribution in [2.45, 2.75) is 20.8 Å².